The van der Waals surface area contributed by atoms with Gasteiger partial charge in [0.15, 0.2) is 23.0 Å². The molecule has 0 N–H and O–H groups in total. The lowest BCUT2D eigenvalue weighted by atomic mass is 9.90. The van der Waals surface area contributed by atoms with E-state index in [1.54, 1.807) is 0 Å². The van der Waals surface area contributed by atoms with Gasteiger partial charge in [-0.25, -0.2) is 0 Å². The van der Waals surface area contributed by atoms with E-state index >= 15 is 0 Å². The molecule has 2 heteroatoms. The first-order valence-electron chi connectivity index (χ1n) is 6.06. The highest BCUT2D eigenvalue weighted by Gasteiger charge is 2.31. The van der Waals surface area contributed by atoms with Gasteiger partial charge in [-0.2, -0.15) is 0 Å². The first kappa shape index (κ1) is 12.2. The molecule has 1 fully saturated rings. The molecule has 1 aliphatic carbocycles. The molecule has 88 valence electrons. The summed E-state index contributed by atoms with van der Waals surface area (Å²) >= 11 is 2.02. The number of rotatable bonds is 4. The number of halogens is 1. The fraction of sp³-hybridized carbons (Fsp3) is 0.571. The van der Waals surface area contributed by atoms with Crippen LogP contribution in [0.5, 0.6) is 5.75 Å². The zero-order chi connectivity index (χ0) is 11.7. The first-order chi connectivity index (χ1) is 7.65. The summed E-state index contributed by atoms with van der Waals surface area (Å²) in [6, 6.07) is 6.58. The zero-order valence-corrected chi connectivity index (χ0v) is 12.3. The third-order valence-corrected chi connectivity index (χ3v) is 4.04. The largest absolute Gasteiger partial charge is 0.427 e. The second-order valence-corrected chi connectivity index (χ2v) is 5.56. The van der Waals surface area contributed by atoms with Gasteiger partial charge in [-0.1, -0.05) is 39.0 Å². The molecule has 1 aromatic carbocycles. The van der Waals surface area contributed by atoms with Gasteiger partial charge in [-0.05, 0) is 41.7 Å². The normalized spacial score (nSPS) is 17.6. The first-order valence-corrected chi connectivity index (χ1v) is 6.94. The fourth-order valence-corrected chi connectivity index (χ4v) is 2.83. The Morgan fingerprint density at radius 1 is 1.19 bits per heavy atom. The van der Waals surface area contributed by atoms with Crippen molar-refractivity contribution in [3.8, 4) is 5.75 Å². The summed E-state index contributed by atoms with van der Waals surface area (Å²) in [5.74, 6) is 3.16. The summed E-state index contributed by atoms with van der Waals surface area (Å²) < 4.78 is 5.61. The number of benzene rings is 1. The van der Waals surface area contributed by atoms with Gasteiger partial charge >= 0.3 is 0 Å². The molecule has 1 atom stereocenters. The quantitative estimate of drug-likeness (QED) is 0.702. The van der Waals surface area contributed by atoms with Crippen LogP contribution < -0.4 is 3.07 Å². The summed E-state index contributed by atoms with van der Waals surface area (Å²) in [7, 11) is 0. The van der Waals surface area contributed by atoms with E-state index in [1.165, 1.54) is 24.0 Å². The molecule has 0 spiro atoms. The van der Waals surface area contributed by atoms with Gasteiger partial charge in [0.05, 0.1) is 0 Å². The lowest BCUT2D eigenvalue weighted by Crippen LogP contribution is -2.01. The zero-order valence-electron chi connectivity index (χ0n) is 10.2. The predicted molar refractivity (Wildman–Crippen MR) is 76.3 cm³/mol. The van der Waals surface area contributed by atoms with Crippen molar-refractivity contribution in [2.24, 2.45) is 5.92 Å². The summed E-state index contributed by atoms with van der Waals surface area (Å²) in [5.41, 5.74) is 2.72. The molecule has 0 aliphatic heterocycles. The van der Waals surface area contributed by atoms with E-state index in [4.69, 9.17) is 3.07 Å². The van der Waals surface area contributed by atoms with Crippen molar-refractivity contribution in [1.82, 2.24) is 0 Å². The van der Waals surface area contributed by atoms with Crippen LogP contribution in [0, 0.1) is 5.92 Å². The maximum absolute atomic E-state index is 5.61. The minimum atomic E-state index is 0.524. The lowest BCUT2D eigenvalue weighted by molar-refractivity contribution is 0.610. The Balaban J connectivity index is 2.39. The van der Waals surface area contributed by atoms with Crippen LogP contribution in [0.15, 0.2) is 18.2 Å². The van der Waals surface area contributed by atoms with Crippen molar-refractivity contribution >= 4 is 23.0 Å². The molecule has 0 heterocycles. The molecule has 1 unspecified atom stereocenters. The summed E-state index contributed by atoms with van der Waals surface area (Å²) in [4.78, 5) is 0. The molecule has 0 aromatic heterocycles. The van der Waals surface area contributed by atoms with Gasteiger partial charge in [0, 0.05) is 0 Å². The van der Waals surface area contributed by atoms with E-state index in [0.717, 1.165) is 11.7 Å². The fourth-order valence-electron chi connectivity index (χ4n) is 2.33. The SMILES string of the molecule is CC(C)c1cccc(C(C)C2CC2)c1OI. The molecular weight excluding hydrogens is 311 g/mol. The molecule has 0 saturated heterocycles. The van der Waals surface area contributed by atoms with Crippen LogP contribution in [0.4, 0.5) is 0 Å². The van der Waals surface area contributed by atoms with Crippen LogP contribution in [0.2, 0.25) is 0 Å². The predicted octanol–water partition coefficient (Wildman–Crippen LogP) is 5.05. The van der Waals surface area contributed by atoms with Gasteiger partial charge < -0.3 is 3.07 Å². The van der Waals surface area contributed by atoms with Crippen molar-refractivity contribution < 1.29 is 3.07 Å². The van der Waals surface area contributed by atoms with E-state index < -0.39 is 0 Å². The summed E-state index contributed by atoms with van der Waals surface area (Å²) in [5, 5.41) is 0. The Morgan fingerprint density at radius 2 is 1.81 bits per heavy atom. The minimum Gasteiger partial charge on any atom is -0.427 e. The molecule has 1 nitrogen and oxygen atoms in total. The lowest BCUT2D eigenvalue weighted by Gasteiger charge is -2.18. The average molecular weight is 330 g/mol. The molecule has 0 amide bonds. The second-order valence-electron chi connectivity index (χ2n) is 5.12. The third kappa shape index (κ3) is 2.36. The standard InChI is InChI=1S/C14H19IO/c1-9(2)12-5-4-6-13(14(12)16-15)10(3)11-7-8-11/h4-6,9-11H,7-8H2,1-3H3. The highest BCUT2D eigenvalue weighted by Crippen LogP contribution is 2.46. The topological polar surface area (TPSA) is 9.23 Å². The van der Waals surface area contributed by atoms with Crippen LogP contribution in [0.25, 0.3) is 0 Å². The smallest absolute Gasteiger partial charge is 0.192 e. The Labute approximate surface area is 112 Å². The molecule has 0 radical (unpaired) electrons. The van der Waals surface area contributed by atoms with E-state index in [2.05, 4.69) is 39.0 Å². The number of hydrogen-bond acceptors (Lipinski definition) is 1. The van der Waals surface area contributed by atoms with E-state index in [0.29, 0.717) is 11.8 Å². The number of para-hydroxylation sites is 1. The van der Waals surface area contributed by atoms with Crippen LogP contribution in [0.1, 0.15) is 56.6 Å². The van der Waals surface area contributed by atoms with Gasteiger partial charge in [0.25, 0.3) is 0 Å². The average Bonchev–Trinajstić information content (AvgIpc) is 3.10. The van der Waals surface area contributed by atoms with Crippen LogP contribution in [-0.4, -0.2) is 0 Å². The summed E-state index contributed by atoms with van der Waals surface area (Å²) in [6.07, 6.45) is 2.77. The molecule has 1 aromatic rings. The number of hydrogen-bond donors (Lipinski definition) is 0. The van der Waals surface area contributed by atoms with E-state index in [-0.39, 0.29) is 0 Å². The minimum absolute atomic E-state index is 0.524. The van der Waals surface area contributed by atoms with E-state index in [9.17, 15) is 0 Å². The van der Waals surface area contributed by atoms with E-state index in [1.807, 2.05) is 23.0 Å². The second kappa shape index (κ2) is 4.94. The van der Waals surface area contributed by atoms with Crippen molar-refractivity contribution in [3.05, 3.63) is 29.3 Å². The highest BCUT2D eigenvalue weighted by molar-refractivity contribution is 14.1. The summed E-state index contributed by atoms with van der Waals surface area (Å²) in [6.45, 7) is 6.77. The Morgan fingerprint density at radius 3 is 2.31 bits per heavy atom. The maximum atomic E-state index is 5.61. The third-order valence-electron chi connectivity index (χ3n) is 3.59. The van der Waals surface area contributed by atoms with Crippen molar-refractivity contribution in [2.75, 3.05) is 0 Å². The van der Waals surface area contributed by atoms with Crippen molar-refractivity contribution in [3.63, 3.8) is 0 Å². The van der Waals surface area contributed by atoms with Crippen LogP contribution in [-0.2, 0) is 0 Å². The molecule has 0 bridgehead atoms. The van der Waals surface area contributed by atoms with Gasteiger partial charge in [-0.3, -0.25) is 0 Å². The Bertz CT molecular complexity index is 369. The molecule has 16 heavy (non-hydrogen) atoms. The monoisotopic (exact) mass is 330 g/mol. The molecule has 1 saturated carbocycles. The molecule has 2 rings (SSSR count). The van der Waals surface area contributed by atoms with Crippen LogP contribution >= 0.6 is 23.0 Å². The van der Waals surface area contributed by atoms with Crippen molar-refractivity contribution in [1.29, 1.82) is 0 Å². The maximum Gasteiger partial charge on any atom is 0.192 e. The van der Waals surface area contributed by atoms with Gasteiger partial charge in [0.2, 0.25) is 0 Å². The van der Waals surface area contributed by atoms with Gasteiger partial charge in [0.1, 0.15) is 5.75 Å². The van der Waals surface area contributed by atoms with Gasteiger partial charge in [-0.15, -0.1) is 0 Å². The molecule has 1 aliphatic rings. The Hall–Kier alpha value is -0.250. The van der Waals surface area contributed by atoms with Crippen molar-refractivity contribution in [2.45, 2.75) is 45.4 Å². The van der Waals surface area contributed by atoms with Crippen LogP contribution in [0.3, 0.4) is 0 Å². The molecular formula is C14H19IO. The highest BCUT2D eigenvalue weighted by atomic mass is 127. The Kier molecular flexibility index (Phi) is 3.77.